The Hall–Kier alpha value is -3.95. The highest BCUT2D eigenvalue weighted by Crippen LogP contribution is 2.27. The number of fused-ring (bicyclic) bond motifs is 1. The number of ether oxygens (including phenoxy) is 2. The Morgan fingerprint density at radius 2 is 1.87 bits per heavy atom. The summed E-state index contributed by atoms with van der Waals surface area (Å²) in [5, 5.41) is 9.34. The van der Waals surface area contributed by atoms with E-state index in [9.17, 15) is 14.7 Å². The van der Waals surface area contributed by atoms with Crippen LogP contribution in [0.2, 0.25) is 0 Å². The third-order valence-corrected chi connectivity index (χ3v) is 4.52. The van der Waals surface area contributed by atoms with E-state index >= 15 is 0 Å². The van der Waals surface area contributed by atoms with Gasteiger partial charge in [0.25, 0.3) is 5.56 Å². The first-order valence-corrected chi connectivity index (χ1v) is 8.95. The average Bonchev–Trinajstić information content (AvgIpc) is 3.08. The van der Waals surface area contributed by atoms with Crippen LogP contribution in [0.5, 0.6) is 11.5 Å². The lowest BCUT2D eigenvalue weighted by Crippen LogP contribution is -2.40. The lowest BCUT2D eigenvalue weighted by molar-refractivity contribution is 0.274. The fraction of sp³-hybridized carbons (Fsp3) is 0.286. The minimum Gasteiger partial charge on any atom is -0.493 e. The molecule has 0 unspecified atom stereocenters. The fourth-order valence-corrected chi connectivity index (χ4v) is 3.05. The Morgan fingerprint density at radius 3 is 2.50 bits per heavy atom. The second-order valence-electron chi connectivity index (χ2n) is 6.24. The summed E-state index contributed by atoms with van der Waals surface area (Å²) in [6.45, 7) is -0.511. The van der Waals surface area contributed by atoms with Crippen LogP contribution in [0.1, 0.15) is 11.4 Å². The van der Waals surface area contributed by atoms with E-state index in [1.807, 2.05) is 0 Å². The Bertz CT molecular complexity index is 1330. The van der Waals surface area contributed by atoms with Gasteiger partial charge in [-0.25, -0.2) is 14.3 Å². The van der Waals surface area contributed by atoms with E-state index in [4.69, 9.17) is 15.9 Å². The summed E-state index contributed by atoms with van der Waals surface area (Å²) in [6.07, 6.45) is 5.29. The van der Waals surface area contributed by atoms with Crippen molar-refractivity contribution in [1.29, 1.82) is 0 Å². The number of imidazole rings is 1. The van der Waals surface area contributed by atoms with E-state index in [0.717, 1.165) is 4.57 Å². The smallest absolute Gasteiger partial charge is 0.333 e. The first-order valence-electron chi connectivity index (χ1n) is 8.95. The Morgan fingerprint density at radius 1 is 1.13 bits per heavy atom. The molecule has 2 aromatic heterocycles. The normalized spacial score (nSPS) is 10.4. The topological polar surface area (TPSA) is 101 Å². The molecule has 0 bridgehead atoms. The summed E-state index contributed by atoms with van der Waals surface area (Å²) in [5.41, 5.74) is -0.216. The third kappa shape index (κ3) is 3.54. The largest absolute Gasteiger partial charge is 0.493 e. The average molecular weight is 408 g/mol. The quantitative estimate of drug-likeness (QED) is 0.594. The van der Waals surface area contributed by atoms with Gasteiger partial charge in [-0.2, -0.15) is 0 Å². The number of hydrogen-bond donors (Lipinski definition) is 1. The lowest BCUT2D eigenvalue weighted by Gasteiger charge is -2.08. The molecule has 3 aromatic rings. The molecule has 9 heteroatoms. The summed E-state index contributed by atoms with van der Waals surface area (Å²) >= 11 is 0. The van der Waals surface area contributed by atoms with Gasteiger partial charge >= 0.3 is 5.69 Å². The number of rotatable bonds is 5. The van der Waals surface area contributed by atoms with Crippen molar-refractivity contribution in [3.63, 3.8) is 0 Å². The first-order chi connectivity index (χ1) is 14.5. The summed E-state index contributed by atoms with van der Waals surface area (Å²) in [4.78, 5) is 29.8. The molecule has 3 rings (SSSR count). The summed E-state index contributed by atoms with van der Waals surface area (Å²) in [6, 6.07) is 5.21. The Kier molecular flexibility index (Phi) is 5.95. The van der Waals surface area contributed by atoms with Crippen molar-refractivity contribution in [3.8, 4) is 35.7 Å². The van der Waals surface area contributed by atoms with Gasteiger partial charge in [0.05, 0.1) is 33.9 Å². The van der Waals surface area contributed by atoms with Crippen molar-refractivity contribution >= 4 is 11.2 Å². The van der Waals surface area contributed by atoms with E-state index < -0.39 is 11.2 Å². The molecular formula is C21H20N4O5. The van der Waals surface area contributed by atoms with Crippen LogP contribution < -0.4 is 20.7 Å². The zero-order valence-corrected chi connectivity index (χ0v) is 16.8. The minimum atomic E-state index is -0.628. The maximum atomic E-state index is 12.8. The van der Waals surface area contributed by atoms with Gasteiger partial charge in [0.2, 0.25) is 0 Å². The van der Waals surface area contributed by atoms with Gasteiger partial charge < -0.3 is 19.1 Å². The van der Waals surface area contributed by atoms with Crippen molar-refractivity contribution in [1.82, 2.24) is 18.7 Å². The van der Waals surface area contributed by atoms with Crippen LogP contribution >= 0.6 is 0 Å². The number of aliphatic hydroxyl groups is 1. The molecule has 0 spiro atoms. The Balaban J connectivity index is 2.20. The predicted octanol–water partition coefficient (Wildman–Crippen LogP) is -0.0608. The van der Waals surface area contributed by atoms with Gasteiger partial charge in [-0.1, -0.05) is 11.8 Å². The monoisotopic (exact) mass is 408 g/mol. The molecule has 1 N–H and O–H groups in total. The van der Waals surface area contributed by atoms with Gasteiger partial charge in [0.15, 0.2) is 28.5 Å². The third-order valence-electron chi connectivity index (χ3n) is 4.52. The second kappa shape index (κ2) is 8.60. The first kappa shape index (κ1) is 20.8. The van der Waals surface area contributed by atoms with Crippen molar-refractivity contribution in [2.45, 2.75) is 13.1 Å². The molecule has 0 amide bonds. The Labute approximate surface area is 172 Å². The minimum absolute atomic E-state index is 0.0280. The summed E-state index contributed by atoms with van der Waals surface area (Å²) < 4.78 is 14.1. The number of benzene rings is 1. The number of aryl methyl sites for hydroxylation is 1. The van der Waals surface area contributed by atoms with Gasteiger partial charge in [0.1, 0.15) is 0 Å². The summed E-state index contributed by atoms with van der Waals surface area (Å²) in [7, 11) is 4.70. The van der Waals surface area contributed by atoms with E-state index in [-0.39, 0.29) is 36.7 Å². The van der Waals surface area contributed by atoms with Crippen LogP contribution in [0.15, 0.2) is 27.8 Å². The number of aromatic nitrogens is 4. The van der Waals surface area contributed by atoms with Crippen LogP contribution in [-0.4, -0.2) is 44.6 Å². The standard InChI is InChI=1S/C21H20N4O5/c1-5-10-25-20(27)18-19(24(11-12-26)21(25)28)22-17(23(18)2)9-7-14-6-8-15(29-3)16(13-14)30-4/h1,6,8,13,26H,10-12H2,2-4H3. The predicted molar refractivity (Wildman–Crippen MR) is 111 cm³/mol. The maximum Gasteiger partial charge on any atom is 0.333 e. The molecular weight excluding hydrogens is 388 g/mol. The maximum absolute atomic E-state index is 12.8. The number of methoxy groups -OCH3 is 2. The molecule has 9 nitrogen and oxygen atoms in total. The van der Waals surface area contributed by atoms with Crippen molar-refractivity contribution in [2.24, 2.45) is 7.05 Å². The van der Waals surface area contributed by atoms with Crippen molar-refractivity contribution < 1.29 is 14.6 Å². The highest BCUT2D eigenvalue weighted by Gasteiger charge is 2.19. The molecule has 154 valence electrons. The highest BCUT2D eigenvalue weighted by molar-refractivity contribution is 5.72. The van der Waals surface area contributed by atoms with Crippen LogP contribution in [0.25, 0.3) is 11.2 Å². The molecule has 30 heavy (non-hydrogen) atoms. The molecule has 2 heterocycles. The molecule has 0 saturated heterocycles. The number of aliphatic hydroxyl groups excluding tert-OH is 1. The van der Waals surface area contributed by atoms with Crippen LogP contribution in [0.3, 0.4) is 0 Å². The van der Waals surface area contributed by atoms with E-state index in [2.05, 4.69) is 22.7 Å². The van der Waals surface area contributed by atoms with E-state index in [0.29, 0.717) is 17.1 Å². The fourth-order valence-electron chi connectivity index (χ4n) is 3.05. The van der Waals surface area contributed by atoms with E-state index in [1.165, 1.54) is 16.2 Å². The molecule has 0 atom stereocenters. The zero-order valence-electron chi connectivity index (χ0n) is 16.8. The molecule has 0 radical (unpaired) electrons. The number of hydrogen-bond acceptors (Lipinski definition) is 6. The van der Waals surface area contributed by atoms with Crippen molar-refractivity contribution in [2.75, 3.05) is 20.8 Å². The highest BCUT2D eigenvalue weighted by atomic mass is 16.5. The molecule has 0 aliphatic carbocycles. The number of terminal acetylenes is 1. The molecule has 0 fully saturated rings. The van der Waals surface area contributed by atoms with Gasteiger partial charge in [-0.05, 0) is 24.1 Å². The molecule has 0 aliphatic heterocycles. The van der Waals surface area contributed by atoms with Gasteiger partial charge in [0, 0.05) is 12.6 Å². The van der Waals surface area contributed by atoms with E-state index in [1.54, 1.807) is 32.4 Å². The second-order valence-corrected chi connectivity index (χ2v) is 6.24. The summed E-state index contributed by atoms with van der Waals surface area (Å²) in [5.74, 6) is 9.57. The van der Waals surface area contributed by atoms with Crippen LogP contribution in [0.4, 0.5) is 0 Å². The van der Waals surface area contributed by atoms with Crippen LogP contribution in [0, 0.1) is 24.2 Å². The molecule has 0 saturated carbocycles. The SMILES string of the molecule is C#CCn1c(=O)c2c(nc(C#Cc3ccc(OC)c(OC)c3)n2C)n(CCO)c1=O. The zero-order chi connectivity index (χ0) is 21.8. The molecule has 0 aliphatic rings. The van der Waals surface area contributed by atoms with Crippen molar-refractivity contribution in [3.05, 3.63) is 50.4 Å². The van der Waals surface area contributed by atoms with Crippen LogP contribution in [-0.2, 0) is 20.1 Å². The molecule has 1 aromatic carbocycles. The van der Waals surface area contributed by atoms with Gasteiger partial charge in [-0.3, -0.25) is 9.36 Å². The van der Waals surface area contributed by atoms with Gasteiger partial charge in [-0.15, -0.1) is 6.42 Å². The number of nitrogens with zero attached hydrogens (tertiary/aromatic N) is 4. The lowest BCUT2D eigenvalue weighted by atomic mass is 10.2.